The second-order valence-corrected chi connectivity index (χ2v) is 6.65. The minimum Gasteiger partial charge on any atom is -0.481 e. The van der Waals surface area contributed by atoms with Gasteiger partial charge in [-0.3, -0.25) is 4.79 Å². The van der Waals surface area contributed by atoms with Crippen molar-refractivity contribution in [3.63, 3.8) is 0 Å². The van der Waals surface area contributed by atoms with Gasteiger partial charge in [0.25, 0.3) is 0 Å². The van der Waals surface area contributed by atoms with Crippen LogP contribution in [0.1, 0.15) is 51.9 Å². The molecule has 2 aliphatic rings. The molecule has 2 N–H and O–H groups in total. The number of urea groups is 1. The highest BCUT2D eigenvalue weighted by molar-refractivity contribution is 5.76. The van der Waals surface area contributed by atoms with E-state index in [0.717, 1.165) is 6.42 Å². The molecule has 20 heavy (non-hydrogen) atoms. The number of nitrogens with one attached hydrogen (secondary N) is 1. The number of nitrogens with zero attached hydrogens (tertiary/aromatic N) is 1. The van der Waals surface area contributed by atoms with Crippen molar-refractivity contribution in [2.75, 3.05) is 19.6 Å². The van der Waals surface area contributed by atoms with Gasteiger partial charge < -0.3 is 15.3 Å². The van der Waals surface area contributed by atoms with E-state index >= 15 is 0 Å². The third-order valence-corrected chi connectivity index (χ3v) is 4.78. The molecule has 1 saturated carbocycles. The molecule has 2 fully saturated rings. The average molecular weight is 282 g/mol. The molecule has 0 spiro atoms. The topological polar surface area (TPSA) is 69.6 Å². The highest BCUT2D eigenvalue weighted by Crippen LogP contribution is 2.35. The van der Waals surface area contributed by atoms with Gasteiger partial charge in [0.05, 0.1) is 5.92 Å². The first-order valence-electron chi connectivity index (χ1n) is 7.76. The van der Waals surface area contributed by atoms with Gasteiger partial charge in [-0.15, -0.1) is 0 Å². The van der Waals surface area contributed by atoms with Crippen LogP contribution in [0.4, 0.5) is 4.79 Å². The first kappa shape index (κ1) is 15.1. The Morgan fingerprint density at radius 2 is 1.95 bits per heavy atom. The van der Waals surface area contributed by atoms with Crippen LogP contribution in [-0.2, 0) is 4.79 Å². The van der Waals surface area contributed by atoms with Crippen molar-refractivity contribution in [2.24, 2.45) is 11.3 Å². The molecule has 2 amide bonds. The maximum Gasteiger partial charge on any atom is 0.317 e. The Labute approximate surface area is 120 Å². The number of amides is 2. The molecule has 1 atom stereocenters. The molecule has 1 aliphatic carbocycles. The quantitative estimate of drug-likeness (QED) is 0.835. The zero-order chi connectivity index (χ0) is 14.6. The summed E-state index contributed by atoms with van der Waals surface area (Å²) in [6.07, 6.45) is 7.60. The largest absolute Gasteiger partial charge is 0.481 e. The van der Waals surface area contributed by atoms with E-state index in [4.69, 9.17) is 5.11 Å². The van der Waals surface area contributed by atoms with Crippen molar-refractivity contribution in [3.05, 3.63) is 0 Å². The number of carboxylic acids is 1. The molecule has 5 heteroatoms. The van der Waals surface area contributed by atoms with Crippen LogP contribution in [0.5, 0.6) is 0 Å². The van der Waals surface area contributed by atoms with Crippen molar-refractivity contribution in [1.29, 1.82) is 0 Å². The summed E-state index contributed by atoms with van der Waals surface area (Å²) in [6.45, 7) is 3.97. The molecule has 1 heterocycles. The van der Waals surface area contributed by atoms with Crippen LogP contribution >= 0.6 is 0 Å². The summed E-state index contributed by atoms with van der Waals surface area (Å²) in [5.41, 5.74) is 0.218. The second kappa shape index (κ2) is 6.46. The molecular weight excluding hydrogens is 256 g/mol. The van der Waals surface area contributed by atoms with E-state index in [1.54, 1.807) is 4.90 Å². The van der Waals surface area contributed by atoms with Gasteiger partial charge in [0, 0.05) is 19.6 Å². The van der Waals surface area contributed by atoms with Crippen molar-refractivity contribution in [2.45, 2.75) is 51.9 Å². The summed E-state index contributed by atoms with van der Waals surface area (Å²) >= 11 is 0. The monoisotopic (exact) mass is 282 g/mol. The van der Waals surface area contributed by atoms with Crippen molar-refractivity contribution in [3.8, 4) is 0 Å². The van der Waals surface area contributed by atoms with Crippen LogP contribution < -0.4 is 5.32 Å². The van der Waals surface area contributed by atoms with Gasteiger partial charge in [-0.1, -0.05) is 26.2 Å². The highest BCUT2D eigenvalue weighted by atomic mass is 16.4. The molecule has 0 aromatic carbocycles. The zero-order valence-corrected chi connectivity index (χ0v) is 12.4. The van der Waals surface area contributed by atoms with E-state index in [2.05, 4.69) is 12.2 Å². The third kappa shape index (κ3) is 3.87. The summed E-state index contributed by atoms with van der Waals surface area (Å²) in [5, 5.41) is 12.1. The lowest BCUT2D eigenvalue weighted by Crippen LogP contribution is -2.49. The minimum absolute atomic E-state index is 0.0947. The summed E-state index contributed by atoms with van der Waals surface area (Å²) in [4.78, 5) is 24.9. The number of rotatable bonds is 3. The standard InChI is InChI=1S/C15H26N2O3/c1-15(7-3-2-4-8-15)11-16-14(20)17-9-5-6-12(10-17)13(18)19/h12H,2-11H2,1H3,(H,16,20)(H,18,19). The van der Waals surface area contributed by atoms with E-state index in [-0.39, 0.29) is 11.4 Å². The van der Waals surface area contributed by atoms with Crippen LogP contribution in [0, 0.1) is 11.3 Å². The molecule has 1 saturated heterocycles. The van der Waals surface area contributed by atoms with Gasteiger partial charge in [-0.2, -0.15) is 0 Å². The zero-order valence-electron chi connectivity index (χ0n) is 12.4. The predicted octanol–water partition coefficient (Wildman–Crippen LogP) is 2.46. The van der Waals surface area contributed by atoms with Crippen LogP contribution in [0.2, 0.25) is 0 Å². The van der Waals surface area contributed by atoms with Crippen molar-refractivity contribution >= 4 is 12.0 Å². The highest BCUT2D eigenvalue weighted by Gasteiger charge is 2.30. The van der Waals surface area contributed by atoms with E-state index < -0.39 is 11.9 Å². The Balaban J connectivity index is 1.80. The second-order valence-electron chi connectivity index (χ2n) is 6.65. The molecule has 1 unspecified atom stereocenters. The fourth-order valence-electron chi connectivity index (χ4n) is 3.35. The van der Waals surface area contributed by atoms with Crippen LogP contribution in [-0.4, -0.2) is 41.6 Å². The lowest BCUT2D eigenvalue weighted by atomic mass is 9.76. The van der Waals surface area contributed by atoms with Gasteiger partial charge in [-0.05, 0) is 31.1 Å². The maximum absolute atomic E-state index is 12.2. The Hall–Kier alpha value is -1.26. The Morgan fingerprint density at radius 3 is 2.60 bits per heavy atom. The minimum atomic E-state index is -0.790. The van der Waals surface area contributed by atoms with E-state index in [1.165, 1.54) is 32.1 Å². The maximum atomic E-state index is 12.2. The smallest absolute Gasteiger partial charge is 0.317 e. The molecule has 114 valence electrons. The van der Waals surface area contributed by atoms with Crippen LogP contribution in [0.3, 0.4) is 0 Å². The number of carboxylic acid groups (broad SMARTS) is 1. The van der Waals surface area contributed by atoms with E-state index in [9.17, 15) is 9.59 Å². The fraction of sp³-hybridized carbons (Fsp3) is 0.867. The van der Waals surface area contributed by atoms with Crippen LogP contribution in [0.25, 0.3) is 0 Å². The normalized spacial score (nSPS) is 26.1. The number of aliphatic carboxylic acids is 1. The fourth-order valence-corrected chi connectivity index (χ4v) is 3.35. The SMILES string of the molecule is CC1(CNC(=O)N2CCCC(C(=O)O)C2)CCCCC1. The first-order chi connectivity index (χ1) is 9.50. The van der Waals surface area contributed by atoms with Gasteiger partial charge in [0.1, 0.15) is 0 Å². The van der Waals surface area contributed by atoms with E-state index in [1.807, 2.05) is 0 Å². The number of hydrogen-bond acceptors (Lipinski definition) is 2. The number of carbonyl (C=O) groups excluding carboxylic acids is 1. The van der Waals surface area contributed by atoms with E-state index in [0.29, 0.717) is 26.1 Å². The van der Waals surface area contributed by atoms with Gasteiger partial charge in [-0.25, -0.2) is 4.79 Å². The van der Waals surface area contributed by atoms with Gasteiger partial charge >= 0.3 is 12.0 Å². The lowest BCUT2D eigenvalue weighted by Gasteiger charge is -2.36. The Kier molecular flexibility index (Phi) is 4.89. The molecule has 5 nitrogen and oxygen atoms in total. The number of carbonyl (C=O) groups is 2. The Morgan fingerprint density at radius 1 is 1.25 bits per heavy atom. The van der Waals surface area contributed by atoms with Gasteiger partial charge in [0.2, 0.25) is 0 Å². The summed E-state index contributed by atoms with van der Waals surface area (Å²) in [5.74, 6) is -1.19. The molecular formula is C15H26N2O3. The van der Waals surface area contributed by atoms with Crippen molar-refractivity contribution < 1.29 is 14.7 Å². The summed E-state index contributed by atoms with van der Waals surface area (Å²) in [6, 6.07) is -0.0947. The average Bonchev–Trinajstić information content (AvgIpc) is 2.46. The summed E-state index contributed by atoms with van der Waals surface area (Å²) in [7, 11) is 0. The molecule has 0 aromatic heterocycles. The molecule has 1 aliphatic heterocycles. The summed E-state index contributed by atoms with van der Waals surface area (Å²) < 4.78 is 0. The number of hydrogen-bond donors (Lipinski definition) is 2. The van der Waals surface area contributed by atoms with Crippen molar-refractivity contribution in [1.82, 2.24) is 10.2 Å². The number of piperidine rings is 1. The third-order valence-electron chi connectivity index (χ3n) is 4.78. The number of likely N-dealkylation sites (tertiary alicyclic amines) is 1. The molecule has 0 aromatic rings. The Bertz CT molecular complexity index is 364. The predicted molar refractivity (Wildman–Crippen MR) is 76.5 cm³/mol. The lowest BCUT2D eigenvalue weighted by molar-refractivity contribution is -0.143. The van der Waals surface area contributed by atoms with Crippen LogP contribution in [0.15, 0.2) is 0 Å². The first-order valence-corrected chi connectivity index (χ1v) is 7.76. The van der Waals surface area contributed by atoms with Gasteiger partial charge in [0.15, 0.2) is 0 Å². The molecule has 0 radical (unpaired) electrons. The molecule has 2 rings (SSSR count). The molecule has 0 bridgehead atoms.